The molecule has 0 radical (unpaired) electrons. The molecule has 1 aliphatic rings. The van der Waals surface area contributed by atoms with E-state index in [0.717, 1.165) is 22.6 Å². The van der Waals surface area contributed by atoms with Gasteiger partial charge in [-0.05, 0) is 72.7 Å². The number of para-hydroxylation sites is 2. The minimum atomic E-state index is 0.0508. The van der Waals surface area contributed by atoms with Crippen molar-refractivity contribution in [2.45, 2.75) is 6.92 Å². The third-order valence-corrected chi connectivity index (χ3v) is 5.05. The quantitative estimate of drug-likeness (QED) is 0.310. The molecule has 1 heterocycles. The van der Waals surface area contributed by atoms with E-state index in [0.29, 0.717) is 17.1 Å². The summed E-state index contributed by atoms with van der Waals surface area (Å²) < 4.78 is 5.74. The maximum atomic E-state index is 9.15. The van der Waals surface area contributed by atoms with Crippen molar-refractivity contribution in [1.29, 1.82) is 5.26 Å². The van der Waals surface area contributed by atoms with Gasteiger partial charge < -0.3 is 9.64 Å². The van der Waals surface area contributed by atoms with E-state index in [1.807, 2.05) is 66.8 Å². The maximum absolute atomic E-state index is 9.15. The number of rotatable bonds is 5. The lowest BCUT2D eigenvalue weighted by Gasteiger charge is -2.25. The van der Waals surface area contributed by atoms with Gasteiger partial charge in [-0.3, -0.25) is 0 Å². The molecule has 0 saturated carbocycles. The molecule has 0 spiro atoms. The van der Waals surface area contributed by atoms with Crippen molar-refractivity contribution in [2.24, 2.45) is 0 Å². The first-order valence-corrected chi connectivity index (χ1v) is 10.5. The molecule has 0 aromatic heterocycles. The molecule has 4 nitrogen and oxygen atoms in total. The number of hydrogen-bond donors (Lipinski definition) is 0. The van der Waals surface area contributed by atoms with E-state index in [1.165, 1.54) is 0 Å². The van der Waals surface area contributed by atoms with E-state index < -0.39 is 0 Å². The van der Waals surface area contributed by atoms with Crippen LogP contribution in [0.4, 0.5) is 17.1 Å². The lowest BCUT2D eigenvalue weighted by atomic mass is 10.1. The first kappa shape index (κ1) is 21.4. The second kappa shape index (κ2) is 10.0. The molecule has 0 fully saturated rings. The summed E-state index contributed by atoms with van der Waals surface area (Å²) in [6.07, 6.45) is 7.20. The van der Waals surface area contributed by atoms with Gasteiger partial charge in [0.15, 0.2) is 0 Å². The zero-order valence-electron chi connectivity index (χ0n) is 18.1. The van der Waals surface area contributed by atoms with Crippen LogP contribution < -0.4 is 4.90 Å². The smallest absolute Gasteiger partial charge is 0.269 e. The predicted octanol–water partition coefficient (Wildman–Crippen LogP) is 7.68. The van der Waals surface area contributed by atoms with Crippen LogP contribution in [-0.2, 0) is 4.74 Å². The maximum Gasteiger partial charge on any atom is 0.269 e. The molecule has 0 bridgehead atoms. The Balaban J connectivity index is 1.61. The summed E-state index contributed by atoms with van der Waals surface area (Å²) in [5, 5.41) is 9.15. The Morgan fingerprint density at radius 2 is 1.42 bits per heavy atom. The lowest BCUT2D eigenvalue weighted by molar-refractivity contribution is 0.318. The molecule has 4 heteroatoms. The van der Waals surface area contributed by atoms with Gasteiger partial charge in [0, 0.05) is 17.1 Å². The topological polar surface area (TPSA) is 40.6 Å². The summed E-state index contributed by atoms with van der Waals surface area (Å²) in [4.78, 5) is 5.50. The first-order chi connectivity index (χ1) is 16.2. The van der Waals surface area contributed by atoms with Crippen molar-refractivity contribution in [3.8, 4) is 6.07 Å². The van der Waals surface area contributed by atoms with Gasteiger partial charge in [0.05, 0.1) is 12.6 Å². The number of ether oxygens (including phenoxy) is 1. The second-order valence-corrected chi connectivity index (χ2v) is 7.36. The monoisotopic (exact) mass is 427 g/mol. The van der Waals surface area contributed by atoms with Gasteiger partial charge in [0.2, 0.25) is 0 Å². The fourth-order valence-electron chi connectivity index (χ4n) is 3.55. The zero-order chi connectivity index (χ0) is 23.0. The lowest BCUT2D eigenvalue weighted by Crippen LogP contribution is -2.09. The van der Waals surface area contributed by atoms with Crippen LogP contribution in [0.15, 0.2) is 126 Å². The van der Waals surface area contributed by atoms with Crippen LogP contribution in [-0.4, -0.2) is 0 Å². The van der Waals surface area contributed by atoms with Crippen LogP contribution in [0.25, 0.3) is 10.9 Å². The highest BCUT2D eigenvalue weighted by molar-refractivity contribution is 5.77. The summed E-state index contributed by atoms with van der Waals surface area (Å²) in [6.45, 7) is 8.97. The Morgan fingerprint density at radius 1 is 0.848 bits per heavy atom. The van der Waals surface area contributed by atoms with E-state index in [9.17, 15) is 0 Å². The molecule has 3 aromatic carbocycles. The normalized spacial score (nSPS) is 14.4. The van der Waals surface area contributed by atoms with Crippen molar-refractivity contribution in [3.63, 3.8) is 0 Å². The van der Waals surface area contributed by atoms with Crippen LogP contribution in [0.5, 0.6) is 0 Å². The highest BCUT2D eigenvalue weighted by atomic mass is 16.5. The highest BCUT2D eigenvalue weighted by Crippen LogP contribution is 2.34. The Labute approximate surface area is 194 Å². The molecular formula is C29H21N3O. The minimum absolute atomic E-state index is 0.0508. The van der Waals surface area contributed by atoms with Gasteiger partial charge >= 0.3 is 0 Å². The van der Waals surface area contributed by atoms with Crippen LogP contribution in [0.3, 0.4) is 0 Å². The van der Waals surface area contributed by atoms with Gasteiger partial charge in [-0.1, -0.05) is 54.6 Å². The molecule has 0 saturated heterocycles. The van der Waals surface area contributed by atoms with E-state index in [-0.39, 0.29) is 5.70 Å². The van der Waals surface area contributed by atoms with Crippen molar-refractivity contribution >= 4 is 23.1 Å². The average Bonchev–Trinajstić information content (AvgIpc) is 2.86. The van der Waals surface area contributed by atoms with Gasteiger partial charge in [-0.15, -0.1) is 0 Å². The zero-order valence-corrected chi connectivity index (χ0v) is 18.1. The number of hydrogen-bond acceptors (Lipinski definition) is 3. The standard InChI is InChI=1S/C29H21N3O/c1-22-19-24(29(21-30)31-2)20-28(33-22)18-15-23-13-16-27(17-14-23)32(25-9-5-3-6-10-25)26-11-7-4-8-12-26/h3-20H,1H3/b18-15+,29-24-. The molecule has 0 N–H and O–H groups in total. The Kier molecular flexibility index (Phi) is 6.50. The van der Waals surface area contributed by atoms with E-state index in [1.54, 1.807) is 19.1 Å². The highest BCUT2D eigenvalue weighted by Gasteiger charge is 2.12. The summed E-state index contributed by atoms with van der Waals surface area (Å²) >= 11 is 0. The number of nitrogens with zero attached hydrogens (tertiary/aromatic N) is 3. The predicted molar refractivity (Wildman–Crippen MR) is 132 cm³/mol. The van der Waals surface area contributed by atoms with Crippen LogP contribution in [0.1, 0.15) is 12.5 Å². The fraction of sp³-hybridized carbons (Fsp3) is 0.0345. The van der Waals surface area contributed by atoms with Gasteiger partial charge in [-0.25, -0.2) is 10.1 Å². The molecule has 1 aliphatic heterocycles. The largest absolute Gasteiger partial charge is 0.462 e. The van der Waals surface area contributed by atoms with E-state index in [4.69, 9.17) is 16.6 Å². The fourth-order valence-corrected chi connectivity index (χ4v) is 3.55. The van der Waals surface area contributed by atoms with Crippen molar-refractivity contribution < 1.29 is 4.74 Å². The summed E-state index contributed by atoms with van der Waals surface area (Å²) in [5.74, 6) is 1.22. The number of anilines is 3. The molecule has 158 valence electrons. The minimum Gasteiger partial charge on any atom is -0.462 e. The van der Waals surface area contributed by atoms with Crippen molar-refractivity contribution in [2.75, 3.05) is 4.90 Å². The van der Waals surface area contributed by atoms with Gasteiger partial charge in [-0.2, -0.15) is 0 Å². The molecule has 0 atom stereocenters. The number of benzene rings is 3. The van der Waals surface area contributed by atoms with Gasteiger partial charge in [0.25, 0.3) is 5.70 Å². The van der Waals surface area contributed by atoms with Crippen LogP contribution in [0.2, 0.25) is 0 Å². The first-order valence-electron chi connectivity index (χ1n) is 10.5. The Hall–Kier alpha value is -4.80. The van der Waals surface area contributed by atoms with E-state index in [2.05, 4.69) is 46.1 Å². The van der Waals surface area contributed by atoms with Gasteiger partial charge in [0.1, 0.15) is 11.5 Å². The third-order valence-electron chi connectivity index (χ3n) is 5.05. The molecule has 4 rings (SSSR count). The Morgan fingerprint density at radius 3 is 1.97 bits per heavy atom. The number of allylic oxidation sites excluding steroid dienone is 6. The Bertz CT molecular complexity index is 1280. The SMILES string of the molecule is [C-]#[N+]/C(C#N)=C1/C=C(C)OC(/C=C/c2ccc(N(c3ccccc3)c3ccccc3)cc2)=C1. The molecule has 0 unspecified atom stereocenters. The average molecular weight is 428 g/mol. The molecule has 33 heavy (non-hydrogen) atoms. The van der Waals surface area contributed by atoms with E-state index >= 15 is 0 Å². The molecule has 0 amide bonds. The summed E-state index contributed by atoms with van der Waals surface area (Å²) in [7, 11) is 0. The number of nitriles is 1. The van der Waals surface area contributed by atoms with Crippen molar-refractivity contribution in [1.82, 2.24) is 0 Å². The third kappa shape index (κ3) is 5.10. The summed E-state index contributed by atoms with van der Waals surface area (Å²) in [6, 6.07) is 30.7. The second-order valence-electron chi connectivity index (χ2n) is 7.36. The molecule has 0 aliphatic carbocycles. The van der Waals surface area contributed by atoms with Crippen molar-refractivity contribution in [3.05, 3.63) is 143 Å². The van der Waals surface area contributed by atoms with Crippen LogP contribution >= 0.6 is 0 Å². The molecule has 3 aromatic rings. The molecular weight excluding hydrogens is 406 g/mol. The van der Waals surface area contributed by atoms with Crippen LogP contribution in [0, 0.1) is 17.9 Å². The summed E-state index contributed by atoms with van der Waals surface area (Å²) in [5.41, 5.74) is 4.84.